The SMILES string of the molecule is CC(C)[C@H](N)C(=O)N(C[C@H]1CCCN1C(=O)OC(C)(C)C)C1CC1. The van der Waals surface area contributed by atoms with Crippen molar-refractivity contribution in [1.29, 1.82) is 0 Å². The lowest BCUT2D eigenvalue weighted by Crippen LogP contribution is -2.52. The van der Waals surface area contributed by atoms with Crippen molar-refractivity contribution >= 4 is 12.0 Å². The molecule has 2 fully saturated rings. The van der Waals surface area contributed by atoms with Crippen LogP contribution in [0.3, 0.4) is 0 Å². The summed E-state index contributed by atoms with van der Waals surface area (Å²) in [7, 11) is 0. The fourth-order valence-corrected chi connectivity index (χ4v) is 3.10. The highest BCUT2D eigenvalue weighted by atomic mass is 16.6. The number of ether oxygens (including phenoxy) is 1. The van der Waals surface area contributed by atoms with E-state index in [1.807, 2.05) is 39.5 Å². The van der Waals surface area contributed by atoms with E-state index in [-0.39, 0.29) is 24.0 Å². The molecule has 2 aliphatic rings. The van der Waals surface area contributed by atoms with Gasteiger partial charge in [0.1, 0.15) is 5.60 Å². The van der Waals surface area contributed by atoms with Crippen LogP contribution in [-0.4, -0.2) is 58.6 Å². The summed E-state index contributed by atoms with van der Waals surface area (Å²) in [5.41, 5.74) is 5.58. The van der Waals surface area contributed by atoms with Crippen molar-refractivity contribution in [3.8, 4) is 0 Å². The van der Waals surface area contributed by atoms with Crippen LogP contribution in [0.4, 0.5) is 4.79 Å². The van der Waals surface area contributed by atoms with Crippen LogP contribution < -0.4 is 5.73 Å². The number of nitrogens with zero attached hydrogens (tertiary/aromatic N) is 2. The Morgan fingerprint density at radius 1 is 1.25 bits per heavy atom. The molecule has 2 rings (SSSR count). The maximum absolute atomic E-state index is 12.7. The second-order valence-electron chi connectivity index (χ2n) is 8.46. The quantitative estimate of drug-likeness (QED) is 0.834. The molecule has 2 N–H and O–H groups in total. The number of rotatable bonds is 5. The van der Waals surface area contributed by atoms with Crippen LogP contribution in [0.15, 0.2) is 0 Å². The highest BCUT2D eigenvalue weighted by Gasteiger charge is 2.40. The summed E-state index contributed by atoms with van der Waals surface area (Å²) in [6.45, 7) is 10.8. The summed E-state index contributed by atoms with van der Waals surface area (Å²) in [6.07, 6.45) is 3.66. The summed E-state index contributed by atoms with van der Waals surface area (Å²) < 4.78 is 5.51. The fraction of sp³-hybridized carbons (Fsp3) is 0.889. The Bertz CT molecular complexity index is 469. The van der Waals surface area contributed by atoms with Gasteiger partial charge in [0.2, 0.25) is 5.91 Å². The van der Waals surface area contributed by atoms with Gasteiger partial charge < -0.3 is 20.3 Å². The lowest BCUT2D eigenvalue weighted by Gasteiger charge is -2.34. The normalized spacial score (nSPS) is 22.6. The maximum Gasteiger partial charge on any atom is 0.410 e. The van der Waals surface area contributed by atoms with Crippen molar-refractivity contribution in [2.75, 3.05) is 13.1 Å². The summed E-state index contributed by atoms with van der Waals surface area (Å²) in [4.78, 5) is 28.9. The van der Waals surface area contributed by atoms with Crippen LogP contribution in [0, 0.1) is 5.92 Å². The topological polar surface area (TPSA) is 75.9 Å². The fourth-order valence-electron chi connectivity index (χ4n) is 3.10. The Balaban J connectivity index is 2.03. The third-order valence-electron chi connectivity index (χ3n) is 4.69. The molecular weight excluding hydrogens is 306 g/mol. The van der Waals surface area contributed by atoms with E-state index < -0.39 is 11.6 Å². The molecule has 138 valence electrons. The Hall–Kier alpha value is -1.30. The summed E-state index contributed by atoms with van der Waals surface area (Å²) in [5.74, 6) is 0.132. The monoisotopic (exact) mass is 339 g/mol. The number of nitrogens with two attached hydrogens (primary N) is 1. The van der Waals surface area contributed by atoms with Gasteiger partial charge in [-0.15, -0.1) is 0 Å². The van der Waals surface area contributed by atoms with E-state index in [0.717, 1.165) is 25.7 Å². The number of carbonyl (C=O) groups is 2. The first-order valence-electron chi connectivity index (χ1n) is 9.16. The predicted molar refractivity (Wildman–Crippen MR) is 93.5 cm³/mol. The van der Waals surface area contributed by atoms with Crippen molar-refractivity contribution in [1.82, 2.24) is 9.80 Å². The minimum atomic E-state index is -0.504. The Kier molecular flexibility index (Phi) is 5.78. The summed E-state index contributed by atoms with van der Waals surface area (Å²) in [5, 5.41) is 0. The molecule has 24 heavy (non-hydrogen) atoms. The van der Waals surface area contributed by atoms with Gasteiger partial charge in [-0.3, -0.25) is 4.79 Å². The van der Waals surface area contributed by atoms with Crippen molar-refractivity contribution in [2.45, 2.75) is 84.0 Å². The van der Waals surface area contributed by atoms with Crippen LogP contribution in [0.5, 0.6) is 0 Å². The Morgan fingerprint density at radius 2 is 1.88 bits per heavy atom. The smallest absolute Gasteiger partial charge is 0.410 e. The van der Waals surface area contributed by atoms with Gasteiger partial charge in [0, 0.05) is 19.1 Å². The number of hydrogen-bond acceptors (Lipinski definition) is 4. The zero-order valence-electron chi connectivity index (χ0n) is 15.7. The molecule has 1 aliphatic carbocycles. The van der Waals surface area contributed by atoms with Crippen LogP contribution in [0.1, 0.15) is 60.3 Å². The van der Waals surface area contributed by atoms with Crippen LogP contribution in [-0.2, 0) is 9.53 Å². The average molecular weight is 339 g/mol. The van der Waals surface area contributed by atoms with Crippen molar-refractivity contribution < 1.29 is 14.3 Å². The van der Waals surface area contributed by atoms with Crippen LogP contribution in [0.25, 0.3) is 0 Å². The van der Waals surface area contributed by atoms with Crippen molar-refractivity contribution in [3.05, 3.63) is 0 Å². The molecule has 1 saturated heterocycles. The molecule has 2 amide bonds. The summed E-state index contributed by atoms with van der Waals surface area (Å²) in [6, 6.07) is -0.144. The number of hydrogen-bond donors (Lipinski definition) is 1. The number of carbonyl (C=O) groups excluding carboxylic acids is 2. The van der Waals surface area contributed by atoms with Crippen molar-refractivity contribution in [3.63, 3.8) is 0 Å². The lowest BCUT2D eigenvalue weighted by atomic mass is 10.0. The molecule has 0 aromatic heterocycles. The molecule has 0 bridgehead atoms. The number of amides is 2. The average Bonchev–Trinajstić information content (AvgIpc) is 3.19. The molecule has 1 heterocycles. The van der Waals surface area contributed by atoms with E-state index in [1.54, 1.807) is 4.90 Å². The molecule has 6 nitrogen and oxygen atoms in total. The molecular formula is C18H33N3O3. The van der Waals surface area contributed by atoms with Gasteiger partial charge in [0.05, 0.1) is 12.1 Å². The number of likely N-dealkylation sites (tertiary alicyclic amines) is 1. The minimum absolute atomic E-state index is 0.0172. The van der Waals surface area contributed by atoms with Crippen molar-refractivity contribution in [2.24, 2.45) is 11.7 Å². The van der Waals surface area contributed by atoms with Gasteiger partial charge in [-0.05, 0) is 52.4 Å². The predicted octanol–water partition coefficient (Wildman–Crippen LogP) is 2.36. The highest BCUT2D eigenvalue weighted by Crippen LogP contribution is 2.30. The van der Waals surface area contributed by atoms with Gasteiger partial charge in [0.25, 0.3) is 0 Å². The van der Waals surface area contributed by atoms with E-state index >= 15 is 0 Å². The second kappa shape index (κ2) is 7.30. The third-order valence-corrected chi connectivity index (χ3v) is 4.69. The second-order valence-corrected chi connectivity index (χ2v) is 8.46. The molecule has 0 radical (unpaired) electrons. The molecule has 1 aliphatic heterocycles. The van der Waals surface area contributed by atoms with Gasteiger partial charge in [-0.1, -0.05) is 13.8 Å². The van der Waals surface area contributed by atoms with Crippen LogP contribution >= 0.6 is 0 Å². The minimum Gasteiger partial charge on any atom is -0.444 e. The Labute approximate surface area is 145 Å². The molecule has 1 saturated carbocycles. The van der Waals surface area contributed by atoms with Gasteiger partial charge >= 0.3 is 6.09 Å². The lowest BCUT2D eigenvalue weighted by molar-refractivity contribution is -0.135. The third kappa shape index (κ3) is 4.85. The van der Waals surface area contributed by atoms with E-state index in [9.17, 15) is 9.59 Å². The van der Waals surface area contributed by atoms with E-state index in [1.165, 1.54) is 0 Å². The first kappa shape index (κ1) is 19.0. The molecule has 0 aromatic carbocycles. The summed E-state index contributed by atoms with van der Waals surface area (Å²) >= 11 is 0. The van der Waals surface area contributed by atoms with E-state index in [0.29, 0.717) is 19.1 Å². The van der Waals surface area contributed by atoms with E-state index in [4.69, 9.17) is 10.5 Å². The highest BCUT2D eigenvalue weighted by molar-refractivity contribution is 5.82. The first-order chi connectivity index (χ1) is 11.1. The maximum atomic E-state index is 12.7. The molecule has 6 heteroatoms. The standard InChI is InChI=1S/C18H33N3O3/c1-12(2)15(19)16(22)21(13-8-9-13)11-14-7-6-10-20(14)17(23)24-18(3,4)5/h12-15H,6-11,19H2,1-5H3/t14-,15+/m1/s1. The molecule has 2 atom stereocenters. The van der Waals surface area contributed by atoms with Gasteiger partial charge in [0.15, 0.2) is 0 Å². The van der Waals surface area contributed by atoms with E-state index in [2.05, 4.69) is 0 Å². The molecule has 0 unspecified atom stereocenters. The molecule has 0 aromatic rings. The largest absolute Gasteiger partial charge is 0.444 e. The Morgan fingerprint density at radius 3 is 2.38 bits per heavy atom. The first-order valence-corrected chi connectivity index (χ1v) is 9.16. The zero-order chi connectivity index (χ0) is 18.1. The zero-order valence-corrected chi connectivity index (χ0v) is 15.7. The van der Waals surface area contributed by atoms with Gasteiger partial charge in [-0.2, -0.15) is 0 Å². The van der Waals surface area contributed by atoms with Gasteiger partial charge in [-0.25, -0.2) is 4.79 Å². The molecule has 0 spiro atoms. The van der Waals surface area contributed by atoms with Crippen LogP contribution in [0.2, 0.25) is 0 Å².